The Morgan fingerprint density at radius 2 is 1.82 bits per heavy atom. The lowest BCUT2D eigenvalue weighted by Gasteiger charge is -2.37. The number of methoxy groups -OCH3 is 1. The number of nitrogens with zero attached hydrogens (tertiary/aromatic N) is 6. The summed E-state index contributed by atoms with van der Waals surface area (Å²) in [6.07, 6.45) is -7.54. The Bertz CT molecular complexity index is 1770. The lowest BCUT2D eigenvalue weighted by molar-refractivity contribution is -0.141. The normalized spacial score (nSPS) is 19.9. The van der Waals surface area contributed by atoms with Crippen LogP contribution in [-0.4, -0.2) is 65.2 Å². The number of aliphatic hydroxyl groups excluding tert-OH is 2. The third-order valence-corrected chi connectivity index (χ3v) is 7.49. The summed E-state index contributed by atoms with van der Waals surface area (Å²) in [5, 5.41) is 30.0. The summed E-state index contributed by atoms with van der Waals surface area (Å²) in [4.78, 5) is 7.66. The Morgan fingerprint density at radius 1 is 1.11 bits per heavy atom. The second kappa shape index (κ2) is 11.7. The van der Waals surface area contributed by atoms with Gasteiger partial charge in [0.2, 0.25) is 0 Å². The van der Waals surface area contributed by atoms with Crippen molar-refractivity contribution >= 4 is 28.9 Å². The number of aliphatic hydroxyl groups is 2. The topological polar surface area (TPSA) is 120 Å². The Morgan fingerprint density at radius 3 is 2.45 bits per heavy atom. The highest BCUT2D eigenvalue weighted by molar-refractivity contribution is 6.31. The largest absolute Gasteiger partial charge is 0.496 e. The van der Waals surface area contributed by atoms with E-state index in [4.69, 9.17) is 32.7 Å². The predicted octanol–water partition coefficient (Wildman–Crippen LogP) is 5.44. The Hall–Kier alpha value is -3.63. The number of aryl methyl sites for hydroxylation is 2. The molecule has 3 unspecified atom stereocenters. The second-order valence-electron chi connectivity index (χ2n) is 9.92. The zero-order chi connectivity index (χ0) is 32.2. The highest BCUT2D eigenvalue weighted by Gasteiger charge is 2.45. The summed E-state index contributed by atoms with van der Waals surface area (Å²) >= 11 is 11.8. The molecule has 4 atom stereocenters. The van der Waals surface area contributed by atoms with Gasteiger partial charge in [-0.1, -0.05) is 23.2 Å². The first-order valence-corrected chi connectivity index (χ1v) is 13.5. The van der Waals surface area contributed by atoms with Crippen molar-refractivity contribution in [3.63, 3.8) is 0 Å². The molecule has 44 heavy (non-hydrogen) atoms. The molecule has 2 N–H and O–H groups in total. The molecule has 17 heteroatoms. The highest BCUT2D eigenvalue weighted by atomic mass is 35.5. The molecule has 3 aromatic heterocycles. The van der Waals surface area contributed by atoms with E-state index in [1.165, 1.54) is 46.3 Å². The molecular formula is C27H23Cl2F5N6O4. The molecule has 4 aromatic rings. The van der Waals surface area contributed by atoms with Gasteiger partial charge in [0, 0.05) is 23.5 Å². The first-order valence-electron chi connectivity index (χ1n) is 12.8. The van der Waals surface area contributed by atoms with Crippen LogP contribution in [0.15, 0.2) is 36.5 Å². The van der Waals surface area contributed by atoms with Gasteiger partial charge < -0.3 is 19.7 Å². The molecule has 0 radical (unpaired) electrons. The van der Waals surface area contributed by atoms with Gasteiger partial charge in [-0.15, -0.1) is 0 Å². The van der Waals surface area contributed by atoms with Gasteiger partial charge in [-0.25, -0.2) is 28.1 Å². The summed E-state index contributed by atoms with van der Waals surface area (Å²) in [6.45, 7) is 4.26. The van der Waals surface area contributed by atoms with Crippen LogP contribution in [0.1, 0.15) is 35.9 Å². The van der Waals surface area contributed by atoms with Gasteiger partial charge in [0.15, 0.2) is 28.9 Å². The van der Waals surface area contributed by atoms with Gasteiger partial charge in [-0.3, -0.25) is 0 Å². The first kappa shape index (κ1) is 31.8. The number of aromatic nitrogens is 6. The van der Waals surface area contributed by atoms with Crippen LogP contribution in [0.25, 0.3) is 22.5 Å². The summed E-state index contributed by atoms with van der Waals surface area (Å²) in [5.74, 6) is -2.86. The van der Waals surface area contributed by atoms with Gasteiger partial charge in [0.25, 0.3) is 0 Å². The molecular weight excluding hydrogens is 638 g/mol. The monoisotopic (exact) mass is 660 g/mol. The highest BCUT2D eigenvalue weighted by Crippen LogP contribution is 2.41. The fraction of sp³-hybridized carbons (Fsp3) is 0.333. The minimum atomic E-state index is -4.92. The molecule has 0 spiro atoms. The van der Waals surface area contributed by atoms with Crippen LogP contribution in [0, 0.1) is 25.5 Å². The standard InChI is InChI=1S/C27H23Cl2F5N6O4/c1-10-5-15(18(30)19(31)17(10)29)13-7-36-39(9-13)20-21(42)24(44-22(11(2)41)23(20)43-4)26-37-12(3)38-40(26)16-6-14(28)8-35-25(16)27(32,33)34/h5-9,11,21-22,24,41-42H,1-4H3/t11?,21?,22?,24-/m1/s1. The Labute approximate surface area is 256 Å². The van der Waals surface area contributed by atoms with Crippen molar-refractivity contribution in [2.75, 3.05) is 7.11 Å². The van der Waals surface area contributed by atoms with Crippen molar-refractivity contribution in [3.8, 4) is 16.8 Å². The number of halogens is 7. The van der Waals surface area contributed by atoms with E-state index in [2.05, 4.69) is 20.2 Å². The second-order valence-corrected chi connectivity index (χ2v) is 10.7. The zero-order valence-electron chi connectivity index (χ0n) is 23.2. The summed E-state index contributed by atoms with van der Waals surface area (Å²) in [7, 11) is 1.24. The maximum Gasteiger partial charge on any atom is 0.435 e. The van der Waals surface area contributed by atoms with Crippen molar-refractivity contribution in [3.05, 3.63) is 81.1 Å². The molecule has 0 aliphatic carbocycles. The van der Waals surface area contributed by atoms with Crippen LogP contribution in [0.3, 0.4) is 0 Å². The van der Waals surface area contributed by atoms with Crippen molar-refractivity contribution in [1.29, 1.82) is 0 Å². The lowest BCUT2D eigenvalue weighted by atomic mass is 9.99. The van der Waals surface area contributed by atoms with Crippen molar-refractivity contribution < 1.29 is 41.6 Å². The van der Waals surface area contributed by atoms with Crippen molar-refractivity contribution in [1.82, 2.24) is 29.5 Å². The van der Waals surface area contributed by atoms with E-state index in [1.54, 1.807) is 0 Å². The van der Waals surface area contributed by atoms with Crippen LogP contribution >= 0.6 is 23.2 Å². The van der Waals surface area contributed by atoms with Gasteiger partial charge in [-0.2, -0.15) is 23.4 Å². The molecule has 1 aliphatic heterocycles. The molecule has 0 fully saturated rings. The van der Waals surface area contributed by atoms with Gasteiger partial charge in [-0.05, 0) is 38.5 Å². The third kappa shape index (κ3) is 5.54. The van der Waals surface area contributed by atoms with Crippen LogP contribution < -0.4 is 0 Å². The molecule has 1 aromatic carbocycles. The van der Waals surface area contributed by atoms with Crippen LogP contribution in [0.5, 0.6) is 0 Å². The molecule has 0 saturated heterocycles. The molecule has 0 bridgehead atoms. The van der Waals surface area contributed by atoms with Gasteiger partial charge in [0.1, 0.15) is 29.8 Å². The lowest BCUT2D eigenvalue weighted by Crippen LogP contribution is -2.43. The van der Waals surface area contributed by atoms with E-state index in [0.717, 1.165) is 21.6 Å². The zero-order valence-corrected chi connectivity index (χ0v) is 24.7. The summed E-state index contributed by atoms with van der Waals surface area (Å²) in [6, 6.07) is 2.30. The van der Waals surface area contributed by atoms with Crippen LogP contribution in [0.4, 0.5) is 22.0 Å². The van der Waals surface area contributed by atoms with E-state index in [1.807, 2.05) is 0 Å². The average Bonchev–Trinajstić information content (AvgIpc) is 3.59. The number of rotatable bonds is 6. The van der Waals surface area contributed by atoms with Gasteiger partial charge >= 0.3 is 6.18 Å². The molecule has 4 heterocycles. The molecule has 0 amide bonds. The molecule has 0 saturated carbocycles. The number of alkyl halides is 3. The third-order valence-electron chi connectivity index (χ3n) is 6.82. The quantitative estimate of drug-likeness (QED) is 0.207. The molecule has 10 nitrogen and oxygen atoms in total. The predicted molar refractivity (Wildman–Crippen MR) is 147 cm³/mol. The Kier molecular flexibility index (Phi) is 8.46. The number of hydrogen-bond donors (Lipinski definition) is 2. The van der Waals surface area contributed by atoms with E-state index in [-0.39, 0.29) is 49.8 Å². The fourth-order valence-corrected chi connectivity index (χ4v) is 5.16. The first-order chi connectivity index (χ1) is 20.6. The van der Waals surface area contributed by atoms with Gasteiger partial charge in [0.05, 0.1) is 35.1 Å². The average molecular weight is 661 g/mol. The van der Waals surface area contributed by atoms with Crippen LogP contribution in [-0.2, 0) is 15.7 Å². The van der Waals surface area contributed by atoms with Crippen molar-refractivity contribution in [2.24, 2.45) is 0 Å². The summed E-state index contributed by atoms with van der Waals surface area (Å²) < 4.78 is 84.4. The number of ether oxygens (including phenoxy) is 2. The maximum atomic E-state index is 14.9. The molecule has 5 rings (SSSR count). The van der Waals surface area contributed by atoms with E-state index in [9.17, 15) is 32.2 Å². The number of hydrogen-bond acceptors (Lipinski definition) is 8. The Balaban J connectivity index is 1.67. The smallest absolute Gasteiger partial charge is 0.435 e. The van der Waals surface area contributed by atoms with Crippen molar-refractivity contribution in [2.45, 2.75) is 51.4 Å². The molecule has 234 valence electrons. The number of pyridine rings is 1. The minimum Gasteiger partial charge on any atom is -0.496 e. The summed E-state index contributed by atoms with van der Waals surface area (Å²) in [5.41, 5.74) is -1.88. The molecule has 1 aliphatic rings. The maximum absolute atomic E-state index is 14.9. The fourth-order valence-electron chi connectivity index (χ4n) is 4.87. The number of benzene rings is 1. The van der Waals surface area contributed by atoms with E-state index in [0.29, 0.717) is 0 Å². The minimum absolute atomic E-state index is 0.0116. The SMILES string of the molecule is COC1=C(n2cc(-c3cc(C)c(Cl)c(F)c3F)cn2)C(O)[C@H](c2nc(C)nn2-c2cc(Cl)cnc2C(F)(F)F)OC1C(C)O. The van der Waals surface area contributed by atoms with E-state index < -0.39 is 53.6 Å². The van der Waals surface area contributed by atoms with Crippen LogP contribution in [0.2, 0.25) is 10.0 Å². The van der Waals surface area contributed by atoms with E-state index >= 15 is 0 Å².